The van der Waals surface area contributed by atoms with Crippen LogP contribution < -0.4 is 5.32 Å². The van der Waals surface area contributed by atoms with Gasteiger partial charge >= 0.3 is 0 Å². The molecule has 17 heavy (non-hydrogen) atoms. The van der Waals surface area contributed by atoms with E-state index in [4.69, 9.17) is 4.74 Å². The number of ether oxygens (including phenoxy) is 1. The molecule has 2 aliphatic heterocycles. The summed E-state index contributed by atoms with van der Waals surface area (Å²) in [5.74, 6) is 0.260. The van der Waals surface area contributed by atoms with Crippen LogP contribution in [0.1, 0.15) is 39.0 Å². The van der Waals surface area contributed by atoms with Gasteiger partial charge in [0.25, 0.3) is 0 Å². The van der Waals surface area contributed by atoms with Crippen molar-refractivity contribution in [1.82, 2.24) is 10.2 Å². The summed E-state index contributed by atoms with van der Waals surface area (Å²) in [5, 5.41) is 3.40. The van der Waals surface area contributed by atoms with Crippen LogP contribution in [0, 0.1) is 0 Å². The maximum atomic E-state index is 12.2. The van der Waals surface area contributed by atoms with Gasteiger partial charge in [0.2, 0.25) is 5.91 Å². The lowest BCUT2D eigenvalue weighted by molar-refractivity contribution is -0.134. The van der Waals surface area contributed by atoms with Crippen LogP contribution in [0.15, 0.2) is 0 Å². The Morgan fingerprint density at radius 3 is 2.71 bits per heavy atom. The molecule has 1 amide bonds. The van der Waals surface area contributed by atoms with Crippen LogP contribution in [-0.2, 0) is 9.53 Å². The van der Waals surface area contributed by atoms with Crippen LogP contribution in [0.4, 0.5) is 0 Å². The summed E-state index contributed by atoms with van der Waals surface area (Å²) in [6.45, 7) is 5.47. The van der Waals surface area contributed by atoms with E-state index in [-0.39, 0.29) is 11.9 Å². The molecule has 0 aliphatic carbocycles. The topological polar surface area (TPSA) is 41.6 Å². The van der Waals surface area contributed by atoms with Crippen LogP contribution in [-0.4, -0.2) is 49.2 Å². The Kier molecular flexibility index (Phi) is 4.80. The van der Waals surface area contributed by atoms with Crippen molar-refractivity contribution < 1.29 is 9.53 Å². The van der Waals surface area contributed by atoms with Gasteiger partial charge in [0.1, 0.15) is 0 Å². The van der Waals surface area contributed by atoms with Gasteiger partial charge in [0.05, 0.1) is 12.6 Å². The third-order valence-corrected chi connectivity index (χ3v) is 3.68. The number of likely N-dealkylation sites (tertiary alicyclic amines) is 1. The largest absolute Gasteiger partial charge is 0.380 e. The Morgan fingerprint density at radius 2 is 2.06 bits per heavy atom. The molecule has 2 rings (SSSR count). The number of carbonyl (C=O) groups is 1. The maximum absolute atomic E-state index is 12.2. The summed E-state index contributed by atoms with van der Waals surface area (Å²) in [5.41, 5.74) is 0. The fraction of sp³-hybridized carbons (Fsp3) is 0.923. The van der Waals surface area contributed by atoms with Crippen LogP contribution in [0.25, 0.3) is 0 Å². The molecule has 4 nitrogen and oxygen atoms in total. The molecular formula is C13H24N2O2. The molecule has 0 aromatic carbocycles. The van der Waals surface area contributed by atoms with E-state index in [1.54, 1.807) is 0 Å². The molecule has 2 aliphatic rings. The summed E-state index contributed by atoms with van der Waals surface area (Å²) in [4.78, 5) is 14.2. The van der Waals surface area contributed by atoms with E-state index in [1.165, 1.54) is 6.42 Å². The molecule has 0 aromatic heterocycles. The van der Waals surface area contributed by atoms with E-state index >= 15 is 0 Å². The monoisotopic (exact) mass is 240 g/mol. The number of carbonyl (C=O) groups excluding carboxylic acids is 1. The van der Waals surface area contributed by atoms with E-state index < -0.39 is 0 Å². The molecule has 0 bridgehead atoms. The van der Waals surface area contributed by atoms with Crippen LogP contribution in [0.5, 0.6) is 0 Å². The average Bonchev–Trinajstić information content (AvgIpc) is 2.40. The first-order valence-electron chi connectivity index (χ1n) is 6.90. The standard InChI is InChI=1S/C13H24N2O2/c1-11(14-12-6-5-9-17-10-12)13(16)15-7-3-2-4-8-15/h11-12,14H,2-10H2,1H3. The van der Waals surface area contributed by atoms with Gasteiger partial charge in [0, 0.05) is 25.7 Å². The lowest BCUT2D eigenvalue weighted by Crippen LogP contribution is -2.51. The summed E-state index contributed by atoms with van der Waals surface area (Å²) in [6.07, 6.45) is 5.80. The van der Waals surface area contributed by atoms with Crippen molar-refractivity contribution in [2.24, 2.45) is 0 Å². The van der Waals surface area contributed by atoms with Crippen molar-refractivity contribution in [1.29, 1.82) is 0 Å². The van der Waals surface area contributed by atoms with Crippen LogP contribution in [0.3, 0.4) is 0 Å². The number of nitrogens with zero attached hydrogens (tertiary/aromatic N) is 1. The van der Waals surface area contributed by atoms with Gasteiger partial charge in [-0.3, -0.25) is 4.79 Å². The molecule has 98 valence electrons. The zero-order chi connectivity index (χ0) is 12.1. The SMILES string of the molecule is CC(NC1CCCOC1)C(=O)N1CCCCC1. The van der Waals surface area contributed by atoms with Gasteiger partial charge in [-0.15, -0.1) is 0 Å². The molecular weight excluding hydrogens is 216 g/mol. The smallest absolute Gasteiger partial charge is 0.239 e. The first-order chi connectivity index (χ1) is 8.27. The molecule has 0 radical (unpaired) electrons. The Hall–Kier alpha value is -0.610. The molecule has 2 atom stereocenters. The number of amides is 1. The molecule has 1 N–H and O–H groups in total. The Balaban J connectivity index is 1.77. The van der Waals surface area contributed by atoms with Gasteiger partial charge < -0.3 is 15.0 Å². The molecule has 2 heterocycles. The van der Waals surface area contributed by atoms with E-state index in [2.05, 4.69) is 5.32 Å². The number of hydrogen-bond donors (Lipinski definition) is 1. The fourth-order valence-corrected chi connectivity index (χ4v) is 2.69. The summed E-state index contributed by atoms with van der Waals surface area (Å²) in [6, 6.07) is 0.285. The fourth-order valence-electron chi connectivity index (χ4n) is 2.69. The Labute approximate surface area is 104 Å². The van der Waals surface area contributed by atoms with Gasteiger partial charge in [0.15, 0.2) is 0 Å². The number of piperidine rings is 1. The first kappa shape index (κ1) is 12.8. The lowest BCUT2D eigenvalue weighted by atomic mass is 10.1. The van der Waals surface area contributed by atoms with Crippen molar-refractivity contribution in [2.45, 2.75) is 51.1 Å². The van der Waals surface area contributed by atoms with Gasteiger partial charge in [-0.05, 0) is 39.0 Å². The maximum Gasteiger partial charge on any atom is 0.239 e. The van der Waals surface area contributed by atoms with Gasteiger partial charge in [-0.25, -0.2) is 0 Å². The minimum atomic E-state index is -0.0696. The van der Waals surface area contributed by atoms with Gasteiger partial charge in [-0.1, -0.05) is 0 Å². The number of hydrogen-bond acceptors (Lipinski definition) is 3. The van der Waals surface area contributed by atoms with Crippen molar-refractivity contribution in [3.8, 4) is 0 Å². The normalized spacial score (nSPS) is 27.8. The Morgan fingerprint density at radius 1 is 1.29 bits per heavy atom. The molecule has 2 fully saturated rings. The second-order valence-electron chi connectivity index (χ2n) is 5.19. The third-order valence-electron chi connectivity index (χ3n) is 3.68. The summed E-state index contributed by atoms with van der Waals surface area (Å²) >= 11 is 0. The second-order valence-corrected chi connectivity index (χ2v) is 5.19. The van der Waals surface area contributed by atoms with E-state index in [0.717, 1.165) is 52.0 Å². The van der Waals surface area contributed by atoms with Crippen molar-refractivity contribution in [2.75, 3.05) is 26.3 Å². The highest BCUT2D eigenvalue weighted by Crippen LogP contribution is 2.11. The summed E-state index contributed by atoms with van der Waals surface area (Å²) in [7, 11) is 0. The van der Waals surface area contributed by atoms with Crippen molar-refractivity contribution in [3.05, 3.63) is 0 Å². The highest BCUT2D eigenvalue weighted by Gasteiger charge is 2.24. The minimum Gasteiger partial charge on any atom is -0.380 e. The van der Waals surface area contributed by atoms with E-state index in [9.17, 15) is 4.79 Å². The lowest BCUT2D eigenvalue weighted by Gasteiger charge is -2.32. The predicted molar refractivity (Wildman–Crippen MR) is 66.9 cm³/mol. The molecule has 4 heteroatoms. The first-order valence-corrected chi connectivity index (χ1v) is 6.90. The highest BCUT2D eigenvalue weighted by molar-refractivity contribution is 5.81. The molecule has 2 saturated heterocycles. The minimum absolute atomic E-state index is 0.0696. The summed E-state index contributed by atoms with van der Waals surface area (Å²) < 4.78 is 5.42. The van der Waals surface area contributed by atoms with E-state index in [0.29, 0.717) is 6.04 Å². The number of nitrogens with one attached hydrogen (secondary N) is 1. The molecule has 0 spiro atoms. The quantitative estimate of drug-likeness (QED) is 0.805. The van der Waals surface area contributed by atoms with Crippen molar-refractivity contribution in [3.63, 3.8) is 0 Å². The zero-order valence-electron chi connectivity index (χ0n) is 10.8. The zero-order valence-corrected chi connectivity index (χ0v) is 10.8. The average molecular weight is 240 g/mol. The third kappa shape index (κ3) is 3.68. The second kappa shape index (κ2) is 6.36. The predicted octanol–water partition coefficient (Wildman–Crippen LogP) is 1.16. The molecule has 0 saturated carbocycles. The van der Waals surface area contributed by atoms with E-state index in [1.807, 2.05) is 11.8 Å². The highest BCUT2D eigenvalue weighted by atomic mass is 16.5. The van der Waals surface area contributed by atoms with Gasteiger partial charge in [-0.2, -0.15) is 0 Å². The number of rotatable bonds is 3. The molecule has 2 unspecified atom stereocenters. The van der Waals surface area contributed by atoms with Crippen LogP contribution in [0.2, 0.25) is 0 Å². The van der Waals surface area contributed by atoms with Crippen molar-refractivity contribution >= 4 is 5.91 Å². The molecule has 0 aromatic rings. The Bertz CT molecular complexity index is 246. The van der Waals surface area contributed by atoms with Crippen LogP contribution >= 0.6 is 0 Å².